The van der Waals surface area contributed by atoms with Crippen molar-refractivity contribution in [1.29, 1.82) is 0 Å². The molecule has 222 valence electrons. The molecule has 0 saturated heterocycles. The predicted octanol–water partition coefficient (Wildman–Crippen LogP) is 11.8. The van der Waals surface area contributed by atoms with Gasteiger partial charge in [-0.3, -0.25) is 4.98 Å². The summed E-state index contributed by atoms with van der Waals surface area (Å²) in [6.07, 6.45) is 5.48. The first-order chi connectivity index (χ1) is 23.8. The molecule has 2 aromatic heterocycles. The molecule has 48 heavy (non-hydrogen) atoms. The zero-order valence-corrected chi connectivity index (χ0v) is 25.9. The number of rotatable bonds is 3. The van der Waals surface area contributed by atoms with E-state index in [1.54, 1.807) is 12.4 Å². The van der Waals surface area contributed by atoms with E-state index in [2.05, 4.69) is 143 Å². The maximum atomic E-state index is 4.78. The van der Waals surface area contributed by atoms with Gasteiger partial charge in [0.1, 0.15) is 0 Å². The van der Waals surface area contributed by atoms with Gasteiger partial charge in [-0.25, -0.2) is 9.97 Å². The van der Waals surface area contributed by atoms with Crippen LogP contribution in [-0.2, 0) is 0 Å². The molecule has 0 aliphatic rings. The largest absolute Gasteiger partial charge is 0.256 e. The van der Waals surface area contributed by atoms with E-state index in [1.807, 2.05) is 18.3 Å². The number of pyridine rings is 1. The summed E-state index contributed by atoms with van der Waals surface area (Å²) in [5.74, 6) is 0.726. The van der Waals surface area contributed by atoms with E-state index in [1.165, 1.54) is 75.8 Å². The van der Waals surface area contributed by atoms with Crippen LogP contribution in [-0.4, -0.2) is 15.0 Å². The molecule has 3 nitrogen and oxygen atoms in total. The van der Waals surface area contributed by atoms with Crippen LogP contribution in [0.15, 0.2) is 164 Å². The van der Waals surface area contributed by atoms with E-state index in [0.717, 1.165) is 22.6 Å². The molecular formula is C45H27N3. The van der Waals surface area contributed by atoms with Crippen molar-refractivity contribution >= 4 is 64.6 Å². The van der Waals surface area contributed by atoms with Gasteiger partial charge in [0.2, 0.25) is 0 Å². The third-order valence-corrected chi connectivity index (χ3v) is 9.77. The summed E-state index contributed by atoms with van der Waals surface area (Å²) in [7, 11) is 0. The second kappa shape index (κ2) is 10.5. The van der Waals surface area contributed by atoms with Crippen molar-refractivity contribution in [3.63, 3.8) is 0 Å². The highest BCUT2D eigenvalue weighted by Crippen LogP contribution is 2.44. The minimum atomic E-state index is 0.726. The number of nitrogens with zero attached hydrogens (tertiary/aromatic N) is 3. The fourth-order valence-electron chi connectivity index (χ4n) is 7.65. The first kappa shape index (κ1) is 26.7. The Bertz CT molecular complexity index is 2880. The molecule has 10 rings (SSSR count). The van der Waals surface area contributed by atoms with Crippen LogP contribution < -0.4 is 0 Å². The van der Waals surface area contributed by atoms with E-state index in [4.69, 9.17) is 4.98 Å². The van der Waals surface area contributed by atoms with Crippen LogP contribution in [0.4, 0.5) is 0 Å². The molecule has 8 aromatic carbocycles. The van der Waals surface area contributed by atoms with Crippen LogP contribution in [0.2, 0.25) is 0 Å². The van der Waals surface area contributed by atoms with E-state index >= 15 is 0 Å². The summed E-state index contributed by atoms with van der Waals surface area (Å²) >= 11 is 0. The predicted molar refractivity (Wildman–Crippen MR) is 201 cm³/mol. The molecule has 0 bridgehead atoms. The molecule has 0 aliphatic heterocycles. The summed E-state index contributed by atoms with van der Waals surface area (Å²) in [6.45, 7) is 0. The molecule has 0 saturated carbocycles. The van der Waals surface area contributed by atoms with Crippen molar-refractivity contribution in [3.05, 3.63) is 164 Å². The molecule has 10 aromatic rings. The van der Waals surface area contributed by atoms with Crippen LogP contribution >= 0.6 is 0 Å². The van der Waals surface area contributed by atoms with Crippen LogP contribution in [0.1, 0.15) is 0 Å². The van der Waals surface area contributed by atoms with Gasteiger partial charge in [-0.05, 0) is 118 Å². The maximum absolute atomic E-state index is 4.78. The Morgan fingerprint density at radius 2 is 0.771 bits per heavy atom. The highest BCUT2D eigenvalue weighted by atomic mass is 14.8. The first-order valence-corrected chi connectivity index (χ1v) is 16.3. The Labute approximate surface area is 276 Å². The van der Waals surface area contributed by atoms with Gasteiger partial charge in [0.05, 0.1) is 5.69 Å². The van der Waals surface area contributed by atoms with Crippen LogP contribution in [0.25, 0.3) is 98.4 Å². The van der Waals surface area contributed by atoms with Gasteiger partial charge in [-0.1, -0.05) is 103 Å². The maximum Gasteiger partial charge on any atom is 0.159 e. The Hall–Kier alpha value is -6.45. The van der Waals surface area contributed by atoms with Crippen molar-refractivity contribution in [1.82, 2.24) is 15.0 Å². The minimum absolute atomic E-state index is 0.726. The lowest BCUT2D eigenvalue weighted by molar-refractivity contribution is 1.18. The highest BCUT2D eigenvalue weighted by molar-refractivity contribution is 6.30. The second-order valence-electron chi connectivity index (χ2n) is 12.4. The molecule has 0 N–H and O–H groups in total. The van der Waals surface area contributed by atoms with Crippen LogP contribution in [0.3, 0.4) is 0 Å². The average molecular weight is 610 g/mol. The molecular weight excluding hydrogens is 583 g/mol. The van der Waals surface area contributed by atoms with Gasteiger partial charge in [-0.2, -0.15) is 0 Å². The Kier molecular flexibility index (Phi) is 5.87. The summed E-state index contributed by atoms with van der Waals surface area (Å²) in [6, 6.07) is 52.6. The summed E-state index contributed by atoms with van der Waals surface area (Å²) in [5, 5.41) is 14.8. The lowest BCUT2D eigenvalue weighted by Gasteiger charge is -2.18. The third-order valence-electron chi connectivity index (χ3n) is 9.77. The quantitative estimate of drug-likeness (QED) is 0.187. The third kappa shape index (κ3) is 4.04. The molecule has 0 amide bonds. The molecule has 0 radical (unpaired) electrons. The first-order valence-electron chi connectivity index (χ1n) is 16.3. The number of aromatic nitrogens is 3. The van der Waals surface area contributed by atoms with E-state index in [-0.39, 0.29) is 0 Å². The summed E-state index contributed by atoms with van der Waals surface area (Å²) in [5.41, 5.74) is 5.43. The molecule has 3 heteroatoms. The van der Waals surface area contributed by atoms with Gasteiger partial charge in [0, 0.05) is 29.7 Å². The van der Waals surface area contributed by atoms with E-state index in [0.29, 0.717) is 0 Å². The Morgan fingerprint density at radius 1 is 0.292 bits per heavy atom. The zero-order valence-electron chi connectivity index (χ0n) is 25.9. The van der Waals surface area contributed by atoms with Gasteiger partial charge in [0.25, 0.3) is 0 Å². The molecule has 0 fully saturated rings. The van der Waals surface area contributed by atoms with Gasteiger partial charge in [-0.15, -0.1) is 0 Å². The fraction of sp³-hybridized carbons (Fsp3) is 0. The fourth-order valence-corrected chi connectivity index (χ4v) is 7.65. The topological polar surface area (TPSA) is 38.7 Å². The molecule has 2 heterocycles. The SMILES string of the molecule is c1ccc(-c2cc(-c3ccc4c5ccccc5c5ccc(-c6ncccn6)cc5c4c3)c3c4ccccc4c4ccccc4c3c2)nc1. The number of fused-ring (bicyclic) bond motifs is 12. The monoisotopic (exact) mass is 609 g/mol. The van der Waals surface area contributed by atoms with Gasteiger partial charge < -0.3 is 0 Å². The lowest BCUT2D eigenvalue weighted by atomic mass is 9.86. The second-order valence-corrected chi connectivity index (χ2v) is 12.4. The van der Waals surface area contributed by atoms with E-state index in [9.17, 15) is 0 Å². The number of hydrogen-bond acceptors (Lipinski definition) is 3. The molecule has 0 aliphatic carbocycles. The van der Waals surface area contributed by atoms with Gasteiger partial charge >= 0.3 is 0 Å². The van der Waals surface area contributed by atoms with Crippen LogP contribution in [0, 0.1) is 0 Å². The molecule has 0 atom stereocenters. The zero-order chi connectivity index (χ0) is 31.6. The van der Waals surface area contributed by atoms with E-state index < -0.39 is 0 Å². The summed E-state index contributed by atoms with van der Waals surface area (Å²) < 4.78 is 0. The minimum Gasteiger partial charge on any atom is -0.256 e. The number of benzene rings is 8. The van der Waals surface area contributed by atoms with Crippen LogP contribution in [0.5, 0.6) is 0 Å². The van der Waals surface area contributed by atoms with Crippen molar-refractivity contribution in [2.24, 2.45) is 0 Å². The standard InChI is InChI=1S/C45H27N3/c1-2-11-32-31(10-1)36-19-17-28(24-40(36)41-25-29(18-20-37(32)41)45-47-22-9-23-48-45)39-26-30(43-16-7-8-21-46-43)27-42-35-14-4-3-12-33(35)34-13-5-6-15-38(34)44(39)42/h1-27H. The average Bonchev–Trinajstić information content (AvgIpc) is 3.18. The molecule has 0 unspecified atom stereocenters. The normalized spacial score (nSPS) is 11.8. The van der Waals surface area contributed by atoms with Gasteiger partial charge in [0.15, 0.2) is 5.82 Å². The van der Waals surface area contributed by atoms with Crippen molar-refractivity contribution in [2.45, 2.75) is 0 Å². The van der Waals surface area contributed by atoms with Crippen molar-refractivity contribution in [2.75, 3.05) is 0 Å². The Balaban J connectivity index is 1.36. The summed E-state index contributed by atoms with van der Waals surface area (Å²) in [4.78, 5) is 13.9. The van der Waals surface area contributed by atoms with Crippen molar-refractivity contribution < 1.29 is 0 Å². The smallest absolute Gasteiger partial charge is 0.159 e. The number of hydrogen-bond donors (Lipinski definition) is 0. The van der Waals surface area contributed by atoms with Crippen molar-refractivity contribution in [3.8, 4) is 33.8 Å². The Morgan fingerprint density at radius 3 is 1.40 bits per heavy atom. The lowest BCUT2D eigenvalue weighted by Crippen LogP contribution is -1.92. The highest BCUT2D eigenvalue weighted by Gasteiger charge is 2.17. The molecule has 0 spiro atoms.